The van der Waals surface area contributed by atoms with Gasteiger partial charge in [-0.3, -0.25) is 14.7 Å². The molecule has 0 fully saturated rings. The van der Waals surface area contributed by atoms with Gasteiger partial charge < -0.3 is 15.3 Å². The third-order valence-electron chi connectivity index (χ3n) is 6.28. The van der Waals surface area contributed by atoms with Crippen molar-refractivity contribution in [3.63, 3.8) is 0 Å². The fourth-order valence-corrected chi connectivity index (χ4v) is 4.55. The first-order chi connectivity index (χ1) is 16.6. The summed E-state index contributed by atoms with van der Waals surface area (Å²) in [6.07, 6.45) is 10.2. The van der Waals surface area contributed by atoms with Gasteiger partial charge in [0, 0.05) is 54.7 Å². The Labute approximate surface area is 198 Å². The lowest BCUT2D eigenvalue weighted by atomic mass is 9.92. The van der Waals surface area contributed by atoms with Crippen LogP contribution in [-0.2, 0) is 12.8 Å². The number of amides is 1. The molecule has 34 heavy (non-hydrogen) atoms. The summed E-state index contributed by atoms with van der Waals surface area (Å²) in [5.74, 6) is -0.995. The lowest BCUT2D eigenvalue weighted by Crippen LogP contribution is -2.33. The van der Waals surface area contributed by atoms with Gasteiger partial charge in [0.1, 0.15) is 5.82 Å². The molecule has 1 unspecified atom stereocenters. The highest BCUT2D eigenvalue weighted by molar-refractivity contribution is 5.96. The van der Waals surface area contributed by atoms with E-state index in [1.807, 2.05) is 18.2 Å². The van der Waals surface area contributed by atoms with E-state index in [2.05, 4.69) is 11.4 Å². The average molecular weight is 459 g/mol. The van der Waals surface area contributed by atoms with E-state index >= 15 is 0 Å². The number of carbonyl (C=O) groups excluding carboxylic acids is 1. The molecule has 1 amide bonds. The van der Waals surface area contributed by atoms with Crippen molar-refractivity contribution in [2.24, 2.45) is 0 Å². The third-order valence-corrected chi connectivity index (χ3v) is 6.28. The highest BCUT2D eigenvalue weighted by Crippen LogP contribution is 2.33. The summed E-state index contributed by atoms with van der Waals surface area (Å²) in [5.41, 5.74) is 4.48. The van der Waals surface area contributed by atoms with Gasteiger partial charge in [0.2, 0.25) is 0 Å². The first kappa shape index (κ1) is 22.1. The molecule has 1 aliphatic heterocycles. The average Bonchev–Trinajstić information content (AvgIpc) is 2.87. The van der Waals surface area contributed by atoms with Gasteiger partial charge in [0.15, 0.2) is 0 Å². The molecule has 6 nitrogen and oxygen atoms in total. The SMILES string of the molecule is O=C(c1ccccc1F)N1C=CN(CC(O)CNc2c3c(nc4ccccc24)CCCC3)C=C1. The molecule has 5 rings (SSSR count). The summed E-state index contributed by atoms with van der Waals surface area (Å²) in [5, 5.41) is 15.3. The second-order valence-corrected chi connectivity index (χ2v) is 8.66. The Balaban J connectivity index is 1.23. The number of aliphatic hydroxyl groups is 1. The molecule has 174 valence electrons. The summed E-state index contributed by atoms with van der Waals surface area (Å²) < 4.78 is 13.9. The number of halogens is 1. The largest absolute Gasteiger partial charge is 0.389 e. The number of β-amino-alcohol motifs (C(OH)–C–C–N with tert-alkyl or cyclic N) is 1. The second-order valence-electron chi connectivity index (χ2n) is 8.66. The smallest absolute Gasteiger partial charge is 0.264 e. The van der Waals surface area contributed by atoms with Crippen LogP contribution < -0.4 is 5.32 Å². The van der Waals surface area contributed by atoms with Gasteiger partial charge in [-0.15, -0.1) is 0 Å². The molecule has 1 atom stereocenters. The van der Waals surface area contributed by atoms with Crippen LogP contribution in [0.2, 0.25) is 0 Å². The molecule has 3 aromatic rings. The molecule has 1 aliphatic carbocycles. The first-order valence-electron chi connectivity index (χ1n) is 11.6. The molecular formula is C27H27FN4O2. The Morgan fingerprint density at radius 2 is 1.76 bits per heavy atom. The number of pyridine rings is 1. The first-order valence-corrected chi connectivity index (χ1v) is 11.6. The van der Waals surface area contributed by atoms with Gasteiger partial charge in [-0.1, -0.05) is 30.3 Å². The number of rotatable bonds is 6. The van der Waals surface area contributed by atoms with E-state index in [1.165, 1.54) is 22.6 Å². The molecule has 2 aliphatic rings. The van der Waals surface area contributed by atoms with Crippen LogP contribution in [0.5, 0.6) is 0 Å². The minimum absolute atomic E-state index is 0.0161. The number of hydrogen-bond donors (Lipinski definition) is 2. The number of fused-ring (bicyclic) bond motifs is 2. The third kappa shape index (κ3) is 4.52. The van der Waals surface area contributed by atoms with Crippen LogP contribution in [0.4, 0.5) is 10.1 Å². The minimum atomic E-state index is -0.644. The molecule has 7 heteroatoms. The number of aromatic nitrogens is 1. The van der Waals surface area contributed by atoms with Crippen molar-refractivity contribution in [1.29, 1.82) is 0 Å². The fraction of sp³-hybridized carbons (Fsp3) is 0.259. The van der Waals surface area contributed by atoms with Gasteiger partial charge >= 0.3 is 0 Å². The quantitative estimate of drug-likeness (QED) is 0.572. The van der Waals surface area contributed by atoms with E-state index in [-0.39, 0.29) is 5.56 Å². The van der Waals surface area contributed by atoms with E-state index in [0.29, 0.717) is 13.1 Å². The highest BCUT2D eigenvalue weighted by atomic mass is 19.1. The van der Waals surface area contributed by atoms with E-state index in [1.54, 1.807) is 41.8 Å². The lowest BCUT2D eigenvalue weighted by molar-refractivity contribution is 0.0857. The Morgan fingerprint density at radius 3 is 2.59 bits per heavy atom. The van der Waals surface area contributed by atoms with Crippen LogP contribution in [0.3, 0.4) is 0 Å². The molecule has 2 N–H and O–H groups in total. The van der Waals surface area contributed by atoms with Crippen LogP contribution in [-0.4, -0.2) is 45.0 Å². The summed E-state index contributed by atoms with van der Waals surface area (Å²) in [6.45, 7) is 0.740. The number of nitrogens with one attached hydrogen (secondary N) is 1. The molecule has 0 spiro atoms. The number of aliphatic hydroxyl groups excluding tert-OH is 1. The van der Waals surface area contributed by atoms with Gasteiger partial charge in [-0.25, -0.2) is 4.39 Å². The maximum Gasteiger partial charge on any atom is 0.264 e. The van der Waals surface area contributed by atoms with Crippen LogP contribution >= 0.6 is 0 Å². The van der Waals surface area contributed by atoms with Crippen LogP contribution in [0, 0.1) is 5.82 Å². The molecule has 0 saturated heterocycles. The highest BCUT2D eigenvalue weighted by Gasteiger charge is 2.20. The van der Waals surface area contributed by atoms with E-state index < -0.39 is 17.8 Å². The predicted octanol–water partition coefficient (Wildman–Crippen LogP) is 4.43. The van der Waals surface area contributed by atoms with Crippen LogP contribution in [0.25, 0.3) is 10.9 Å². The number of carbonyl (C=O) groups is 1. The lowest BCUT2D eigenvalue weighted by Gasteiger charge is -2.27. The Bertz CT molecular complexity index is 1260. The molecule has 2 heterocycles. The van der Waals surface area contributed by atoms with Crippen molar-refractivity contribution in [3.8, 4) is 0 Å². The standard InChI is InChI=1S/C27H27FN4O2/c28-23-10-4-1-7-20(23)27(34)32-15-13-31(14-16-32)18-19(33)17-29-26-21-8-2-5-11-24(21)30-25-12-6-3-9-22(25)26/h1-2,4-5,7-8,10-11,13-16,19,33H,3,6,9,12,17-18H2,(H,29,30). The number of anilines is 1. The molecular weight excluding hydrogens is 431 g/mol. The van der Waals surface area contributed by atoms with Crippen molar-refractivity contribution in [1.82, 2.24) is 14.8 Å². The normalized spacial score (nSPS) is 15.9. The zero-order chi connectivity index (χ0) is 23.5. The number of hydrogen-bond acceptors (Lipinski definition) is 5. The number of aryl methyl sites for hydroxylation is 1. The molecule has 1 aromatic heterocycles. The van der Waals surface area contributed by atoms with Crippen LogP contribution in [0.1, 0.15) is 34.5 Å². The van der Waals surface area contributed by atoms with Crippen molar-refractivity contribution in [2.45, 2.75) is 31.8 Å². The Kier molecular flexibility index (Phi) is 6.27. The summed E-state index contributed by atoms with van der Waals surface area (Å²) in [6, 6.07) is 14.0. The van der Waals surface area contributed by atoms with Crippen molar-refractivity contribution in [2.75, 3.05) is 18.4 Å². The molecule has 2 aromatic carbocycles. The Hall–Kier alpha value is -3.71. The fourth-order valence-electron chi connectivity index (χ4n) is 4.55. The minimum Gasteiger partial charge on any atom is -0.389 e. The van der Waals surface area contributed by atoms with Crippen molar-refractivity contribution in [3.05, 3.63) is 96.0 Å². The number of para-hydroxylation sites is 1. The number of benzene rings is 2. The van der Waals surface area contributed by atoms with Crippen molar-refractivity contribution >= 4 is 22.5 Å². The zero-order valence-electron chi connectivity index (χ0n) is 18.8. The summed E-state index contributed by atoms with van der Waals surface area (Å²) in [4.78, 5) is 20.5. The van der Waals surface area contributed by atoms with Gasteiger partial charge in [0.05, 0.1) is 17.2 Å². The van der Waals surface area contributed by atoms with E-state index in [4.69, 9.17) is 4.98 Å². The number of nitrogens with zero attached hydrogens (tertiary/aromatic N) is 3. The maximum absolute atomic E-state index is 13.9. The van der Waals surface area contributed by atoms with E-state index in [9.17, 15) is 14.3 Å². The maximum atomic E-state index is 13.9. The van der Waals surface area contributed by atoms with Crippen molar-refractivity contribution < 1.29 is 14.3 Å². The molecule has 0 bridgehead atoms. The summed E-state index contributed by atoms with van der Waals surface area (Å²) >= 11 is 0. The summed E-state index contributed by atoms with van der Waals surface area (Å²) in [7, 11) is 0. The monoisotopic (exact) mass is 458 g/mol. The zero-order valence-corrected chi connectivity index (χ0v) is 18.8. The Morgan fingerprint density at radius 1 is 1.03 bits per heavy atom. The predicted molar refractivity (Wildman–Crippen MR) is 130 cm³/mol. The second kappa shape index (κ2) is 9.65. The van der Waals surface area contributed by atoms with Gasteiger partial charge in [-0.05, 0) is 49.4 Å². The topological polar surface area (TPSA) is 68.7 Å². The van der Waals surface area contributed by atoms with Gasteiger partial charge in [0.25, 0.3) is 5.91 Å². The van der Waals surface area contributed by atoms with Crippen LogP contribution in [0.15, 0.2) is 73.3 Å². The molecule has 0 saturated carbocycles. The van der Waals surface area contributed by atoms with Gasteiger partial charge in [-0.2, -0.15) is 0 Å². The molecule has 0 radical (unpaired) electrons. The van der Waals surface area contributed by atoms with E-state index in [0.717, 1.165) is 48.0 Å².